The normalized spacial score (nSPS) is 13.9. The molecule has 0 saturated carbocycles. The van der Waals surface area contributed by atoms with Crippen molar-refractivity contribution in [2.45, 2.75) is 23.1 Å². The van der Waals surface area contributed by atoms with Crippen molar-refractivity contribution in [2.75, 3.05) is 0 Å². The van der Waals surface area contributed by atoms with Crippen LogP contribution >= 0.6 is 11.8 Å². The predicted molar refractivity (Wildman–Crippen MR) is 55.9 cm³/mol. The second-order valence-electron chi connectivity index (χ2n) is 3.89. The fourth-order valence-corrected chi connectivity index (χ4v) is 2.04. The van der Waals surface area contributed by atoms with Crippen LogP contribution in [0.15, 0.2) is 21.8 Å². The largest absolute Gasteiger partial charge is 0.450 e. The Kier molecular flexibility index (Phi) is 3.78. The monoisotopic (exact) mass is 355 g/mol. The summed E-state index contributed by atoms with van der Waals surface area (Å²) in [6, 6.07) is -0.0202. The standard InChI is InChI=1S/C10H2F9NOS/c11-8(12,13)3-1-5-6(2-4(3)9(14,15)16)21-7(20-5)22-10(17,18)19/h1-2H. The molecule has 12 heteroatoms. The van der Waals surface area contributed by atoms with Crippen molar-refractivity contribution in [3.8, 4) is 0 Å². The second kappa shape index (κ2) is 4.96. The Morgan fingerprint density at radius 2 is 1.32 bits per heavy atom. The number of oxazole rings is 1. The average Bonchev–Trinajstić information content (AvgIpc) is 2.62. The third kappa shape index (κ3) is 3.59. The number of hydrogen-bond acceptors (Lipinski definition) is 3. The van der Waals surface area contributed by atoms with Crippen LogP contribution in [-0.4, -0.2) is 10.5 Å². The van der Waals surface area contributed by atoms with Crippen molar-refractivity contribution in [1.82, 2.24) is 4.98 Å². The summed E-state index contributed by atoms with van der Waals surface area (Å²) < 4.78 is 117. The lowest BCUT2D eigenvalue weighted by Gasteiger charge is -2.14. The summed E-state index contributed by atoms with van der Waals surface area (Å²) >= 11 is -0.887. The topological polar surface area (TPSA) is 26.0 Å². The molecule has 0 aliphatic rings. The van der Waals surface area contributed by atoms with E-state index >= 15 is 0 Å². The van der Waals surface area contributed by atoms with Crippen LogP contribution in [-0.2, 0) is 12.4 Å². The van der Waals surface area contributed by atoms with Gasteiger partial charge in [-0.05, 0) is 12.1 Å². The Hall–Kier alpha value is -1.59. The number of fused-ring (bicyclic) bond motifs is 1. The van der Waals surface area contributed by atoms with E-state index in [0.717, 1.165) is 0 Å². The van der Waals surface area contributed by atoms with Gasteiger partial charge in [0.25, 0.3) is 5.22 Å². The highest BCUT2D eigenvalue weighted by molar-refractivity contribution is 7.99. The molecule has 2 nitrogen and oxygen atoms in total. The molecule has 1 aromatic carbocycles. The SMILES string of the molecule is FC(F)(F)Sc1nc2cc(C(F)(F)F)c(C(F)(F)F)cc2o1. The molecule has 1 aromatic heterocycles. The molecule has 0 aliphatic heterocycles. The van der Waals surface area contributed by atoms with Crippen molar-refractivity contribution < 1.29 is 43.9 Å². The van der Waals surface area contributed by atoms with Crippen LogP contribution in [0.5, 0.6) is 0 Å². The van der Waals surface area contributed by atoms with Crippen LogP contribution in [0.25, 0.3) is 11.1 Å². The van der Waals surface area contributed by atoms with E-state index < -0.39 is 57.1 Å². The van der Waals surface area contributed by atoms with Crippen molar-refractivity contribution >= 4 is 22.9 Å². The summed E-state index contributed by atoms with van der Waals surface area (Å²) in [5.41, 5.74) is -10.5. The molecule has 122 valence electrons. The Morgan fingerprint density at radius 1 is 0.818 bits per heavy atom. The molecular weight excluding hydrogens is 353 g/mol. The van der Waals surface area contributed by atoms with Gasteiger partial charge in [-0.25, -0.2) is 4.98 Å². The molecule has 0 radical (unpaired) electrons. The number of halogens is 9. The molecule has 0 fully saturated rings. The number of alkyl halides is 9. The van der Waals surface area contributed by atoms with E-state index in [0.29, 0.717) is 0 Å². The number of benzene rings is 1. The minimum atomic E-state index is -5.36. The molecule has 2 aromatic rings. The Balaban J connectivity index is 2.63. The zero-order valence-corrected chi connectivity index (χ0v) is 10.6. The average molecular weight is 355 g/mol. The quantitative estimate of drug-likeness (QED) is 0.501. The zero-order valence-electron chi connectivity index (χ0n) is 9.82. The predicted octanol–water partition coefficient (Wildman–Crippen LogP) is 5.48. The summed E-state index contributed by atoms with van der Waals surface area (Å²) in [4.78, 5) is 3.10. The molecule has 0 amide bonds. The lowest BCUT2D eigenvalue weighted by atomic mass is 10.1. The van der Waals surface area contributed by atoms with E-state index in [2.05, 4.69) is 9.40 Å². The van der Waals surface area contributed by atoms with E-state index in [1.165, 1.54) is 0 Å². The summed E-state index contributed by atoms with van der Waals surface area (Å²) in [5.74, 6) is 0. The minimum Gasteiger partial charge on any atom is -0.431 e. The van der Waals surface area contributed by atoms with Crippen LogP contribution in [0.4, 0.5) is 39.5 Å². The number of aromatic nitrogens is 1. The van der Waals surface area contributed by atoms with Gasteiger partial charge in [0.05, 0.1) is 11.1 Å². The maximum atomic E-state index is 12.6. The zero-order chi connectivity index (χ0) is 16.9. The molecule has 0 unspecified atom stereocenters. The maximum Gasteiger partial charge on any atom is 0.450 e. The molecule has 0 atom stereocenters. The molecule has 0 aliphatic carbocycles. The number of nitrogens with zero attached hydrogens (tertiary/aromatic N) is 1. The van der Waals surface area contributed by atoms with Crippen LogP contribution in [0.2, 0.25) is 0 Å². The van der Waals surface area contributed by atoms with Gasteiger partial charge in [0, 0.05) is 11.8 Å². The molecule has 0 bridgehead atoms. The third-order valence-electron chi connectivity index (χ3n) is 2.32. The Morgan fingerprint density at radius 3 is 1.77 bits per heavy atom. The number of thioether (sulfide) groups is 1. The summed E-state index contributed by atoms with van der Waals surface area (Å²) in [6.07, 6.45) is -10.7. The van der Waals surface area contributed by atoms with Gasteiger partial charge >= 0.3 is 17.9 Å². The van der Waals surface area contributed by atoms with Gasteiger partial charge < -0.3 is 4.42 Å². The van der Waals surface area contributed by atoms with Crippen LogP contribution in [0, 0.1) is 0 Å². The van der Waals surface area contributed by atoms with Gasteiger partial charge in [0.1, 0.15) is 5.52 Å². The van der Waals surface area contributed by atoms with Gasteiger partial charge in [-0.15, -0.1) is 0 Å². The minimum absolute atomic E-state index is 0.00207. The lowest BCUT2D eigenvalue weighted by molar-refractivity contribution is -0.161. The van der Waals surface area contributed by atoms with E-state index in [-0.39, 0.29) is 12.1 Å². The lowest BCUT2D eigenvalue weighted by Crippen LogP contribution is -2.16. The fourth-order valence-electron chi connectivity index (χ4n) is 1.56. The Labute approximate surface area is 119 Å². The van der Waals surface area contributed by atoms with Crippen LogP contribution < -0.4 is 0 Å². The first-order valence-corrected chi connectivity index (χ1v) is 5.94. The van der Waals surface area contributed by atoms with Crippen molar-refractivity contribution in [3.05, 3.63) is 23.3 Å². The molecule has 0 spiro atoms. The molecule has 22 heavy (non-hydrogen) atoms. The van der Waals surface area contributed by atoms with E-state index in [4.69, 9.17) is 0 Å². The van der Waals surface area contributed by atoms with Gasteiger partial charge in [0.15, 0.2) is 5.58 Å². The highest BCUT2D eigenvalue weighted by Gasteiger charge is 2.44. The third-order valence-corrected chi connectivity index (χ3v) is 2.90. The molecular formula is C10H2F9NOS. The second-order valence-corrected chi connectivity index (χ2v) is 4.90. The van der Waals surface area contributed by atoms with Crippen LogP contribution in [0.3, 0.4) is 0 Å². The maximum absolute atomic E-state index is 12.6. The number of hydrogen-bond donors (Lipinski definition) is 0. The first kappa shape index (κ1) is 16.8. The van der Waals surface area contributed by atoms with E-state index in [9.17, 15) is 39.5 Å². The van der Waals surface area contributed by atoms with Crippen molar-refractivity contribution in [3.63, 3.8) is 0 Å². The summed E-state index contributed by atoms with van der Waals surface area (Å²) in [6.45, 7) is 0. The summed E-state index contributed by atoms with van der Waals surface area (Å²) in [7, 11) is 0. The highest BCUT2D eigenvalue weighted by Crippen LogP contribution is 2.43. The molecule has 2 rings (SSSR count). The van der Waals surface area contributed by atoms with Crippen molar-refractivity contribution in [2.24, 2.45) is 0 Å². The van der Waals surface area contributed by atoms with E-state index in [1.54, 1.807) is 0 Å². The van der Waals surface area contributed by atoms with Crippen LogP contribution in [0.1, 0.15) is 11.1 Å². The molecule has 0 saturated heterocycles. The molecule has 1 heterocycles. The van der Waals surface area contributed by atoms with Gasteiger partial charge in [-0.3, -0.25) is 0 Å². The highest BCUT2D eigenvalue weighted by atomic mass is 32.2. The fraction of sp³-hybridized carbons (Fsp3) is 0.300. The first-order chi connectivity index (χ1) is 9.77. The Bertz CT molecular complexity index is 646. The summed E-state index contributed by atoms with van der Waals surface area (Å²) in [5, 5.41) is -1.10. The van der Waals surface area contributed by atoms with Gasteiger partial charge in [-0.2, -0.15) is 39.5 Å². The number of rotatable bonds is 1. The van der Waals surface area contributed by atoms with Gasteiger partial charge in [0.2, 0.25) is 0 Å². The first-order valence-electron chi connectivity index (χ1n) is 5.12. The van der Waals surface area contributed by atoms with Crippen molar-refractivity contribution in [1.29, 1.82) is 0 Å². The smallest absolute Gasteiger partial charge is 0.431 e. The molecule has 0 N–H and O–H groups in total. The van der Waals surface area contributed by atoms with Gasteiger partial charge in [-0.1, -0.05) is 0 Å². The van der Waals surface area contributed by atoms with E-state index in [1.807, 2.05) is 0 Å².